The Kier molecular flexibility index (Phi) is 6.45. The number of nitrogens with zero attached hydrogens (tertiary/aromatic N) is 7. The van der Waals surface area contributed by atoms with E-state index in [1.54, 1.807) is 19.0 Å². The Morgan fingerprint density at radius 1 is 1.15 bits per heavy atom. The third kappa shape index (κ3) is 3.85. The van der Waals surface area contributed by atoms with Crippen LogP contribution in [0.4, 0.5) is 5.82 Å². The number of fused-ring (bicyclic) bond motifs is 4. The van der Waals surface area contributed by atoms with Gasteiger partial charge in [0.05, 0.1) is 29.2 Å². The molecule has 1 saturated heterocycles. The lowest BCUT2D eigenvalue weighted by Gasteiger charge is -2.37. The summed E-state index contributed by atoms with van der Waals surface area (Å²) in [5.41, 5.74) is 5.33. The fraction of sp³-hybridized carbons (Fsp3) is 0.462. The van der Waals surface area contributed by atoms with Crippen LogP contribution in [0.1, 0.15) is 37.0 Å². The average Bonchev–Trinajstić information content (AvgIpc) is 3.21. The Hall–Kier alpha value is -3.62. The van der Waals surface area contributed by atoms with Gasteiger partial charge in [0.2, 0.25) is 5.91 Å². The SMILES string of the molecule is C.CN(C)C(=O)CN1CCc2c(c(N3CCC(C#N)CC3)n3c(nc4ccccc43)c2C#N)C1. The molecule has 8 heteroatoms. The van der Waals surface area contributed by atoms with Crippen molar-refractivity contribution in [2.24, 2.45) is 5.92 Å². The zero-order valence-electron chi connectivity index (χ0n) is 19.1. The number of carbonyl (C=O) groups is 1. The van der Waals surface area contributed by atoms with Crippen LogP contribution in [-0.4, -0.2) is 65.4 Å². The predicted octanol–water partition coefficient (Wildman–Crippen LogP) is 3.18. The molecule has 2 aromatic heterocycles. The van der Waals surface area contributed by atoms with Crippen molar-refractivity contribution in [1.29, 1.82) is 10.5 Å². The second kappa shape index (κ2) is 9.32. The van der Waals surface area contributed by atoms with Crippen molar-refractivity contribution >= 4 is 28.4 Å². The number of para-hydroxylation sites is 2. The van der Waals surface area contributed by atoms with Crippen molar-refractivity contribution in [3.05, 3.63) is 41.0 Å². The average molecular weight is 458 g/mol. The van der Waals surface area contributed by atoms with Gasteiger partial charge in [-0.15, -0.1) is 0 Å². The first kappa shape index (κ1) is 23.5. The zero-order chi connectivity index (χ0) is 23.1. The highest BCUT2D eigenvalue weighted by Gasteiger charge is 2.32. The molecule has 0 radical (unpaired) electrons. The molecular formula is C26H31N7O. The summed E-state index contributed by atoms with van der Waals surface area (Å²) in [5.74, 6) is 1.22. The molecule has 0 unspecified atom stereocenters. The van der Waals surface area contributed by atoms with Crippen LogP contribution in [0.3, 0.4) is 0 Å². The topological polar surface area (TPSA) is 91.7 Å². The predicted molar refractivity (Wildman–Crippen MR) is 132 cm³/mol. The molecule has 0 atom stereocenters. The van der Waals surface area contributed by atoms with Crippen molar-refractivity contribution in [3.8, 4) is 12.1 Å². The van der Waals surface area contributed by atoms with E-state index in [2.05, 4.69) is 26.3 Å². The quantitative estimate of drug-likeness (QED) is 0.600. The van der Waals surface area contributed by atoms with Crippen molar-refractivity contribution < 1.29 is 4.79 Å². The molecule has 0 N–H and O–H groups in total. The van der Waals surface area contributed by atoms with Crippen LogP contribution >= 0.6 is 0 Å². The van der Waals surface area contributed by atoms with Gasteiger partial charge in [-0.25, -0.2) is 4.98 Å². The van der Waals surface area contributed by atoms with Gasteiger partial charge in [-0.05, 0) is 37.0 Å². The number of carbonyl (C=O) groups excluding carboxylic acids is 1. The number of pyridine rings is 1. The van der Waals surface area contributed by atoms with Gasteiger partial charge in [0, 0.05) is 51.8 Å². The molecule has 0 spiro atoms. The molecule has 1 aromatic carbocycles. The maximum atomic E-state index is 12.4. The zero-order valence-corrected chi connectivity index (χ0v) is 19.1. The lowest BCUT2D eigenvalue weighted by molar-refractivity contribution is -0.130. The number of hydrogen-bond donors (Lipinski definition) is 0. The number of likely N-dealkylation sites (N-methyl/N-ethyl adjacent to an activating group) is 1. The third-order valence-electron chi connectivity index (χ3n) is 6.94. The van der Waals surface area contributed by atoms with E-state index in [4.69, 9.17) is 4.98 Å². The summed E-state index contributed by atoms with van der Waals surface area (Å²) in [6.45, 7) is 3.27. The molecule has 8 nitrogen and oxygen atoms in total. The molecule has 5 rings (SSSR count). The normalized spacial score (nSPS) is 16.5. The fourth-order valence-corrected chi connectivity index (χ4v) is 5.12. The minimum atomic E-state index is 0. The van der Waals surface area contributed by atoms with Gasteiger partial charge in [0.1, 0.15) is 11.9 Å². The highest BCUT2D eigenvalue weighted by Crippen LogP contribution is 2.38. The van der Waals surface area contributed by atoms with E-state index in [0.29, 0.717) is 30.7 Å². The Morgan fingerprint density at radius 3 is 2.56 bits per heavy atom. The maximum absolute atomic E-state index is 12.4. The number of rotatable bonds is 3. The van der Waals surface area contributed by atoms with Crippen molar-refractivity contribution in [1.82, 2.24) is 19.2 Å². The van der Waals surface area contributed by atoms with Gasteiger partial charge in [-0.1, -0.05) is 19.6 Å². The van der Waals surface area contributed by atoms with Gasteiger partial charge in [-0.3, -0.25) is 14.1 Å². The number of amides is 1. The van der Waals surface area contributed by atoms with Crippen LogP contribution < -0.4 is 4.90 Å². The Morgan fingerprint density at radius 2 is 1.88 bits per heavy atom. The largest absolute Gasteiger partial charge is 0.357 e. The van der Waals surface area contributed by atoms with Crippen molar-refractivity contribution in [3.63, 3.8) is 0 Å². The Bertz CT molecular complexity index is 1320. The number of imidazole rings is 1. The molecule has 0 saturated carbocycles. The van der Waals surface area contributed by atoms with Crippen LogP contribution in [0.5, 0.6) is 0 Å². The number of anilines is 1. The first-order valence-corrected chi connectivity index (χ1v) is 11.4. The van der Waals surface area contributed by atoms with E-state index in [1.807, 2.05) is 24.3 Å². The van der Waals surface area contributed by atoms with Crippen molar-refractivity contribution in [2.75, 3.05) is 45.2 Å². The minimum Gasteiger partial charge on any atom is -0.357 e. The number of benzene rings is 1. The van der Waals surface area contributed by atoms with E-state index in [1.165, 1.54) is 0 Å². The smallest absolute Gasteiger partial charge is 0.236 e. The van der Waals surface area contributed by atoms with Crippen LogP contribution in [0.15, 0.2) is 24.3 Å². The van der Waals surface area contributed by atoms with Gasteiger partial charge in [0.15, 0.2) is 5.65 Å². The van der Waals surface area contributed by atoms with Crippen LogP contribution in [0, 0.1) is 28.6 Å². The summed E-state index contributed by atoms with van der Waals surface area (Å²) in [7, 11) is 3.56. The van der Waals surface area contributed by atoms with Gasteiger partial charge in [-0.2, -0.15) is 10.5 Å². The van der Waals surface area contributed by atoms with Crippen LogP contribution in [0.2, 0.25) is 0 Å². The number of aromatic nitrogens is 2. The van der Waals surface area contributed by atoms with Crippen LogP contribution in [-0.2, 0) is 17.8 Å². The monoisotopic (exact) mass is 457 g/mol. The first-order chi connectivity index (χ1) is 16.0. The first-order valence-electron chi connectivity index (χ1n) is 11.4. The number of nitriles is 2. The van der Waals surface area contributed by atoms with Gasteiger partial charge in [0.25, 0.3) is 0 Å². The molecule has 34 heavy (non-hydrogen) atoms. The molecule has 1 amide bonds. The summed E-state index contributed by atoms with van der Waals surface area (Å²) < 4.78 is 2.14. The molecule has 176 valence electrons. The Balaban J connectivity index is 0.00000274. The Labute approximate surface area is 200 Å². The van der Waals surface area contributed by atoms with Gasteiger partial charge < -0.3 is 9.80 Å². The second-order valence-electron chi connectivity index (χ2n) is 9.17. The molecule has 1 fully saturated rings. The molecular weight excluding hydrogens is 426 g/mol. The third-order valence-corrected chi connectivity index (χ3v) is 6.94. The maximum Gasteiger partial charge on any atom is 0.236 e. The number of hydrogen-bond acceptors (Lipinski definition) is 6. The molecule has 3 aromatic rings. The van der Waals surface area contributed by atoms with Gasteiger partial charge >= 0.3 is 0 Å². The van der Waals surface area contributed by atoms with Crippen molar-refractivity contribution in [2.45, 2.75) is 33.2 Å². The van der Waals surface area contributed by atoms with E-state index in [0.717, 1.165) is 60.5 Å². The van der Waals surface area contributed by atoms with E-state index in [9.17, 15) is 15.3 Å². The summed E-state index contributed by atoms with van der Waals surface area (Å²) in [4.78, 5) is 23.4. The fourth-order valence-electron chi connectivity index (χ4n) is 5.12. The molecule has 2 aliphatic heterocycles. The van der Waals surface area contributed by atoms with Crippen LogP contribution in [0.25, 0.3) is 16.7 Å². The standard InChI is InChI=1S/C25H27N7O.CH4/c1-29(2)23(33)16-30-10-9-18-19(14-27)24-28-21-5-3-4-6-22(21)32(24)25(20(18)15-30)31-11-7-17(13-26)8-12-31;/h3-6,17H,7-12,15-16H2,1-2H3;1H4. The summed E-state index contributed by atoms with van der Waals surface area (Å²) in [6, 6.07) is 12.8. The summed E-state index contributed by atoms with van der Waals surface area (Å²) in [5, 5.41) is 19.5. The molecule has 0 bridgehead atoms. The van der Waals surface area contributed by atoms with E-state index >= 15 is 0 Å². The summed E-state index contributed by atoms with van der Waals surface area (Å²) >= 11 is 0. The molecule has 0 aliphatic carbocycles. The van der Waals surface area contributed by atoms with E-state index < -0.39 is 0 Å². The van der Waals surface area contributed by atoms with E-state index in [-0.39, 0.29) is 19.3 Å². The number of piperidine rings is 1. The highest BCUT2D eigenvalue weighted by atomic mass is 16.2. The highest BCUT2D eigenvalue weighted by molar-refractivity contribution is 5.86. The minimum absolute atomic E-state index is 0. The second-order valence-corrected chi connectivity index (χ2v) is 9.17. The lowest BCUT2D eigenvalue weighted by Crippen LogP contribution is -2.41. The molecule has 2 aliphatic rings. The lowest BCUT2D eigenvalue weighted by atomic mass is 9.93. The summed E-state index contributed by atoms with van der Waals surface area (Å²) in [6.07, 6.45) is 2.35. The molecule has 4 heterocycles.